The minimum Gasteiger partial charge on any atom is -0.508 e. The standard InChI is InChI=1S/C13H11N3O/c17-8-2-1-7-5-11-9(10(7)6-8)3-4-12-13(11)15-16-14-12/h1-3,5-6,12,14,16-17H,4H2. The molecular weight excluding hydrogens is 214 g/mol. The molecule has 0 radical (unpaired) electrons. The Balaban J connectivity index is 1.92. The van der Waals surface area contributed by atoms with Crippen molar-refractivity contribution in [2.75, 3.05) is 0 Å². The van der Waals surface area contributed by atoms with Gasteiger partial charge in [0.25, 0.3) is 0 Å². The molecule has 4 nitrogen and oxygen atoms in total. The first kappa shape index (κ1) is 9.01. The van der Waals surface area contributed by atoms with Crippen molar-refractivity contribution in [2.24, 2.45) is 5.10 Å². The van der Waals surface area contributed by atoms with Crippen LogP contribution >= 0.6 is 0 Å². The highest BCUT2D eigenvalue weighted by atomic mass is 16.3. The van der Waals surface area contributed by atoms with E-state index in [-0.39, 0.29) is 6.04 Å². The topological polar surface area (TPSA) is 56.6 Å². The number of nitrogens with zero attached hydrogens (tertiary/aromatic N) is 1. The summed E-state index contributed by atoms with van der Waals surface area (Å²) < 4.78 is 0. The summed E-state index contributed by atoms with van der Waals surface area (Å²) in [4.78, 5) is 0. The van der Waals surface area contributed by atoms with Gasteiger partial charge in [0.15, 0.2) is 0 Å². The van der Waals surface area contributed by atoms with Gasteiger partial charge in [0, 0.05) is 5.57 Å². The van der Waals surface area contributed by atoms with E-state index in [4.69, 9.17) is 0 Å². The second-order valence-electron chi connectivity index (χ2n) is 4.49. The van der Waals surface area contributed by atoms with E-state index >= 15 is 0 Å². The molecule has 3 aliphatic rings. The van der Waals surface area contributed by atoms with Crippen LogP contribution in [0.5, 0.6) is 5.75 Å². The Morgan fingerprint density at radius 1 is 1.29 bits per heavy atom. The number of hydrazone groups is 1. The molecule has 1 aromatic rings. The maximum atomic E-state index is 9.57. The molecule has 3 N–H and O–H groups in total. The summed E-state index contributed by atoms with van der Waals surface area (Å²) in [5.74, 6) is 0.311. The van der Waals surface area contributed by atoms with Crippen molar-refractivity contribution in [3.05, 3.63) is 41.0 Å². The van der Waals surface area contributed by atoms with E-state index in [9.17, 15) is 5.11 Å². The minimum atomic E-state index is 0.271. The van der Waals surface area contributed by atoms with E-state index in [1.807, 2.05) is 12.1 Å². The molecule has 1 heterocycles. The molecule has 0 bridgehead atoms. The normalized spacial score (nSPS) is 24.0. The van der Waals surface area contributed by atoms with Gasteiger partial charge in [-0.15, -0.1) is 0 Å². The first-order valence-corrected chi connectivity index (χ1v) is 5.67. The highest BCUT2D eigenvalue weighted by Gasteiger charge is 2.33. The van der Waals surface area contributed by atoms with Crippen molar-refractivity contribution in [1.29, 1.82) is 0 Å². The van der Waals surface area contributed by atoms with Crippen LogP contribution in [0, 0.1) is 0 Å². The van der Waals surface area contributed by atoms with Gasteiger partial charge in [0.05, 0.1) is 11.8 Å². The van der Waals surface area contributed by atoms with Gasteiger partial charge in [-0.3, -0.25) is 0 Å². The fourth-order valence-electron chi connectivity index (χ4n) is 2.68. The maximum absolute atomic E-state index is 9.57. The van der Waals surface area contributed by atoms with Crippen molar-refractivity contribution in [1.82, 2.24) is 11.0 Å². The second kappa shape index (κ2) is 2.99. The molecule has 0 fully saturated rings. The number of nitrogens with one attached hydrogen (secondary N) is 2. The molecule has 0 amide bonds. The Kier molecular flexibility index (Phi) is 1.58. The predicted octanol–water partition coefficient (Wildman–Crippen LogP) is 1.41. The molecule has 4 heteroatoms. The number of phenolic OH excluding ortho intramolecular Hbond substituents is 1. The second-order valence-corrected chi connectivity index (χ2v) is 4.49. The number of rotatable bonds is 0. The fourth-order valence-corrected chi connectivity index (χ4v) is 2.68. The van der Waals surface area contributed by atoms with Crippen LogP contribution in [0.25, 0.3) is 11.6 Å². The van der Waals surface area contributed by atoms with Crippen LogP contribution < -0.4 is 11.0 Å². The summed E-state index contributed by atoms with van der Waals surface area (Å²) in [7, 11) is 0. The van der Waals surface area contributed by atoms with Crippen LogP contribution in [0.4, 0.5) is 0 Å². The zero-order chi connectivity index (χ0) is 11.4. The molecule has 2 aliphatic carbocycles. The van der Waals surface area contributed by atoms with Crippen molar-refractivity contribution >= 4 is 17.4 Å². The zero-order valence-electron chi connectivity index (χ0n) is 9.07. The van der Waals surface area contributed by atoms with E-state index in [0.29, 0.717) is 5.75 Å². The highest BCUT2D eigenvalue weighted by Crippen LogP contribution is 2.41. The zero-order valence-corrected chi connectivity index (χ0v) is 9.07. The Hall–Kier alpha value is -2.07. The molecule has 0 spiro atoms. The molecule has 1 atom stereocenters. The van der Waals surface area contributed by atoms with Gasteiger partial charge in [-0.1, -0.05) is 12.1 Å². The summed E-state index contributed by atoms with van der Waals surface area (Å²) in [6, 6.07) is 5.76. The fraction of sp³-hybridized carbons (Fsp3) is 0.154. The summed E-state index contributed by atoms with van der Waals surface area (Å²) in [6.07, 6.45) is 5.27. The van der Waals surface area contributed by atoms with Crippen LogP contribution in [0.2, 0.25) is 0 Å². The third-order valence-electron chi connectivity index (χ3n) is 3.50. The number of fused-ring (bicyclic) bond motifs is 5. The van der Waals surface area contributed by atoms with Crippen molar-refractivity contribution in [3.8, 4) is 5.75 Å². The minimum absolute atomic E-state index is 0.271. The van der Waals surface area contributed by atoms with E-state index in [0.717, 1.165) is 23.3 Å². The van der Waals surface area contributed by atoms with Crippen LogP contribution in [0.1, 0.15) is 17.5 Å². The molecule has 0 saturated heterocycles. The van der Waals surface area contributed by atoms with E-state index in [2.05, 4.69) is 28.2 Å². The van der Waals surface area contributed by atoms with Crippen LogP contribution in [0.3, 0.4) is 0 Å². The average molecular weight is 225 g/mol. The predicted molar refractivity (Wildman–Crippen MR) is 66.2 cm³/mol. The number of aromatic hydroxyl groups is 1. The number of phenols is 1. The molecule has 84 valence electrons. The number of hydrazine groups is 1. The van der Waals surface area contributed by atoms with Crippen LogP contribution in [-0.4, -0.2) is 16.9 Å². The number of hydrogen-bond donors (Lipinski definition) is 3. The Bertz CT molecular complexity index is 613. The first-order chi connectivity index (χ1) is 8.33. The Labute approximate surface area is 98.3 Å². The Morgan fingerprint density at radius 3 is 3.18 bits per heavy atom. The lowest BCUT2D eigenvalue weighted by Gasteiger charge is -2.18. The summed E-state index contributed by atoms with van der Waals surface area (Å²) in [6.45, 7) is 0. The van der Waals surface area contributed by atoms with Gasteiger partial charge in [0.2, 0.25) is 0 Å². The third-order valence-corrected chi connectivity index (χ3v) is 3.50. The molecular formula is C13H11N3O. The quantitative estimate of drug-likeness (QED) is 0.625. The summed E-state index contributed by atoms with van der Waals surface area (Å²) in [5.41, 5.74) is 11.6. The van der Waals surface area contributed by atoms with Crippen molar-refractivity contribution in [3.63, 3.8) is 0 Å². The molecule has 0 aromatic heterocycles. The van der Waals surface area contributed by atoms with Gasteiger partial charge in [-0.05, 0) is 41.3 Å². The largest absolute Gasteiger partial charge is 0.508 e. The molecule has 0 saturated carbocycles. The first-order valence-electron chi connectivity index (χ1n) is 5.67. The number of allylic oxidation sites excluding steroid dienone is 1. The van der Waals surface area contributed by atoms with E-state index in [1.165, 1.54) is 11.1 Å². The maximum Gasteiger partial charge on any atom is 0.116 e. The lowest BCUT2D eigenvalue weighted by Crippen LogP contribution is -2.36. The SMILES string of the molecule is Oc1ccc2c(c1)C1=CCC3NNN=C3C1=C2. The van der Waals surface area contributed by atoms with Gasteiger partial charge in [-0.25, -0.2) is 11.0 Å². The van der Waals surface area contributed by atoms with Crippen molar-refractivity contribution < 1.29 is 5.11 Å². The van der Waals surface area contributed by atoms with E-state index in [1.54, 1.807) is 6.07 Å². The summed E-state index contributed by atoms with van der Waals surface area (Å²) >= 11 is 0. The number of benzene rings is 1. The van der Waals surface area contributed by atoms with Crippen molar-refractivity contribution in [2.45, 2.75) is 12.5 Å². The molecule has 4 rings (SSSR count). The smallest absolute Gasteiger partial charge is 0.116 e. The number of hydrogen-bond acceptors (Lipinski definition) is 4. The lowest BCUT2D eigenvalue weighted by molar-refractivity contribution is 0.475. The molecule has 1 aromatic carbocycles. The molecule has 1 aliphatic heterocycles. The monoisotopic (exact) mass is 225 g/mol. The van der Waals surface area contributed by atoms with Crippen LogP contribution in [-0.2, 0) is 0 Å². The molecule has 17 heavy (non-hydrogen) atoms. The van der Waals surface area contributed by atoms with E-state index < -0.39 is 0 Å². The van der Waals surface area contributed by atoms with Gasteiger partial charge in [0.1, 0.15) is 5.75 Å². The third kappa shape index (κ3) is 1.13. The summed E-state index contributed by atoms with van der Waals surface area (Å²) in [5, 5.41) is 13.9. The highest BCUT2D eigenvalue weighted by molar-refractivity contribution is 6.23. The van der Waals surface area contributed by atoms with Gasteiger partial charge < -0.3 is 5.11 Å². The molecule has 1 unspecified atom stereocenters. The van der Waals surface area contributed by atoms with Gasteiger partial charge in [-0.2, -0.15) is 5.10 Å². The Morgan fingerprint density at radius 2 is 2.24 bits per heavy atom. The average Bonchev–Trinajstić information content (AvgIpc) is 2.91. The van der Waals surface area contributed by atoms with Crippen LogP contribution in [0.15, 0.2) is 34.9 Å². The van der Waals surface area contributed by atoms with Gasteiger partial charge >= 0.3 is 0 Å². The lowest BCUT2D eigenvalue weighted by atomic mass is 9.88.